The molecule has 0 heterocycles. The minimum Gasteiger partial charge on any atom is -0.460 e. The van der Waals surface area contributed by atoms with Crippen molar-refractivity contribution in [3.8, 4) is 6.07 Å². The third-order valence-electron chi connectivity index (χ3n) is 2.58. The largest absolute Gasteiger partial charge is 0.460 e. The van der Waals surface area contributed by atoms with E-state index >= 15 is 0 Å². The van der Waals surface area contributed by atoms with Crippen molar-refractivity contribution in [2.75, 3.05) is 6.54 Å². The summed E-state index contributed by atoms with van der Waals surface area (Å²) in [6, 6.07) is 2.07. The molecule has 0 amide bonds. The summed E-state index contributed by atoms with van der Waals surface area (Å²) in [7, 11) is 0. The molecular formula is C15H26N2O2. The van der Waals surface area contributed by atoms with E-state index in [0.717, 1.165) is 12.8 Å². The van der Waals surface area contributed by atoms with Crippen LogP contribution in [-0.4, -0.2) is 23.8 Å². The lowest BCUT2D eigenvalue weighted by Gasteiger charge is -2.21. The van der Waals surface area contributed by atoms with Gasteiger partial charge < -0.3 is 4.74 Å². The summed E-state index contributed by atoms with van der Waals surface area (Å²) in [5.41, 5.74) is 0.100. The number of rotatable bonds is 7. The van der Waals surface area contributed by atoms with Crippen molar-refractivity contribution in [1.29, 1.82) is 5.26 Å². The first kappa shape index (κ1) is 17.6. The minimum absolute atomic E-state index is 0.162. The summed E-state index contributed by atoms with van der Waals surface area (Å²) in [6.45, 7) is 10.1. The Morgan fingerprint density at radius 1 is 1.37 bits per heavy atom. The lowest BCUT2D eigenvalue weighted by molar-refractivity contribution is -0.155. The van der Waals surface area contributed by atoms with Crippen LogP contribution in [0.15, 0.2) is 4.99 Å². The lowest BCUT2D eigenvalue weighted by Crippen LogP contribution is -2.26. The smallest absolute Gasteiger partial charge is 0.306 e. The van der Waals surface area contributed by atoms with Crippen LogP contribution in [0.4, 0.5) is 0 Å². The highest BCUT2D eigenvalue weighted by atomic mass is 16.6. The van der Waals surface area contributed by atoms with E-state index in [1.807, 2.05) is 27.7 Å². The van der Waals surface area contributed by atoms with Gasteiger partial charge in [0, 0.05) is 6.54 Å². The zero-order valence-corrected chi connectivity index (χ0v) is 12.8. The van der Waals surface area contributed by atoms with Crippen molar-refractivity contribution >= 4 is 11.7 Å². The Kier molecular flexibility index (Phi) is 8.06. The summed E-state index contributed by atoms with van der Waals surface area (Å²) in [6.07, 6.45) is 2.93. The molecule has 0 aliphatic heterocycles. The second-order valence-electron chi connectivity index (χ2n) is 5.70. The van der Waals surface area contributed by atoms with Crippen LogP contribution in [0.25, 0.3) is 0 Å². The molecule has 0 aromatic carbocycles. The van der Waals surface area contributed by atoms with E-state index in [4.69, 9.17) is 10.00 Å². The van der Waals surface area contributed by atoms with Gasteiger partial charge in [-0.3, -0.25) is 9.79 Å². The van der Waals surface area contributed by atoms with Crippen molar-refractivity contribution in [2.45, 2.75) is 65.9 Å². The van der Waals surface area contributed by atoms with Gasteiger partial charge >= 0.3 is 5.97 Å². The van der Waals surface area contributed by atoms with Crippen LogP contribution in [-0.2, 0) is 9.53 Å². The van der Waals surface area contributed by atoms with E-state index in [9.17, 15) is 4.79 Å². The van der Waals surface area contributed by atoms with Crippen LogP contribution < -0.4 is 0 Å². The van der Waals surface area contributed by atoms with Crippen LogP contribution in [0.5, 0.6) is 0 Å². The monoisotopic (exact) mass is 266 g/mol. The van der Waals surface area contributed by atoms with Crippen molar-refractivity contribution in [2.24, 2.45) is 10.9 Å². The molecule has 1 atom stereocenters. The predicted octanol–water partition coefficient (Wildman–Crippen LogP) is 3.51. The molecule has 4 nitrogen and oxygen atoms in total. The van der Waals surface area contributed by atoms with Gasteiger partial charge in [0.05, 0.1) is 6.42 Å². The van der Waals surface area contributed by atoms with Crippen LogP contribution in [0.2, 0.25) is 0 Å². The van der Waals surface area contributed by atoms with Gasteiger partial charge in [-0.2, -0.15) is 5.26 Å². The van der Waals surface area contributed by atoms with Gasteiger partial charge in [0.25, 0.3) is 0 Å². The second-order valence-corrected chi connectivity index (χ2v) is 5.70. The van der Waals surface area contributed by atoms with Crippen LogP contribution in [0.1, 0.15) is 60.3 Å². The van der Waals surface area contributed by atoms with E-state index in [0.29, 0.717) is 25.1 Å². The number of hydrogen-bond acceptors (Lipinski definition) is 4. The van der Waals surface area contributed by atoms with E-state index < -0.39 is 5.60 Å². The maximum atomic E-state index is 11.8. The maximum Gasteiger partial charge on any atom is 0.306 e. The summed E-state index contributed by atoms with van der Waals surface area (Å²) < 4.78 is 5.32. The molecule has 0 aromatic heterocycles. The Balaban J connectivity index is 4.46. The summed E-state index contributed by atoms with van der Waals surface area (Å²) in [5, 5.41) is 8.83. The molecule has 4 heteroatoms. The fraction of sp³-hybridized carbons (Fsp3) is 0.800. The van der Waals surface area contributed by atoms with Gasteiger partial charge in [-0.25, -0.2) is 0 Å². The normalized spacial score (nSPS) is 13.8. The topological polar surface area (TPSA) is 62.5 Å². The molecule has 0 rings (SSSR count). The number of aliphatic imine (C=N–C) groups is 1. The Morgan fingerprint density at radius 3 is 2.42 bits per heavy atom. The molecule has 0 saturated heterocycles. The molecule has 0 spiro atoms. The zero-order valence-electron chi connectivity index (χ0n) is 12.8. The van der Waals surface area contributed by atoms with E-state index in [1.165, 1.54) is 0 Å². The average molecular weight is 266 g/mol. The highest BCUT2D eigenvalue weighted by Gasteiger charge is 2.20. The minimum atomic E-state index is -0.446. The number of carbonyl (C=O) groups excluding carboxylic acids is 1. The van der Waals surface area contributed by atoms with Gasteiger partial charge in [-0.15, -0.1) is 0 Å². The number of nitrogens with zero attached hydrogens (tertiary/aromatic N) is 2. The maximum absolute atomic E-state index is 11.8. The zero-order chi connectivity index (χ0) is 14.9. The van der Waals surface area contributed by atoms with Crippen LogP contribution in [0.3, 0.4) is 0 Å². The fourth-order valence-electron chi connectivity index (χ4n) is 1.75. The molecule has 0 aromatic rings. The predicted molar refractivity (Wildman–Crippen MR) is 77.1 cm³/mol. The highest BCUT2D eigenvalue weighted by Crippen LogP contribution is 2.16. The van der Waals surface area contributed by atoms with Gasteiger partial charge in [0.1, 0.15) is 17.4 Å². The Morgan fingerprint density at radius 2 is 2.00 bits per heavy atom. The summed E-state index contributed by atoms with van der Waals surface area (Å²) in [5.74, 6) is -0.0223. The molecule has 0 N–H and O–H groups in total. The second kappa shape index (κ2) is 8.68. The van der Waals surface area contributed by atoms with Gasteiger partial charge in [-0.1, -0.05) is 20.3 Å². The average Bonchev–Trinajstić information content (AvgIpc) is 2.27. The molecule has 0 aliphatic carbocycles. The van der Waals surface area contributed by atoms with Crippen molar-refractivity contribution in [3.05, 3.63) is 0 Å². The van der Waals surface area contributed by atoms with Crippen LogP contribution >= 0.6 is 0 Å². The first-order valence-electron chi connectivity index (χ1n) is 6.97. The highest BCUT2D eigenvalue weighted by molar-refractivity contribution is 5.98. The van der Waals surface area contributed by atoms with Gasteiger partial charge in [0.2, 0.25) is 0 Å². The molecular weight excluding hydrogens is 240 g/mol. The molecule has 19 heavy (non-hydrogen) atoms. The molecule has 0 fully saturated rings. The molecule has 0 saturated carbocycles. The molecule has 108 valence electrons. The van der Waals surface area contributed by atoms with E-state index in [-0.39, 0.29) is 11.9 Å². The van der Waals surface area contributed by atoms with Gasteiger partial charge in [0.15, 0.2) is 0 Å². The third kappa shape index (κ3) is 9.24. The lowest BCUT2D eigenvalue weighted by atomic mass is 10.00. The number of carbonyl (C=O) groups is 1. The number of ether oxygens (including phenoxy) is 1. The summed E-state index contributed by atoms with van der Waals surface area (Å²) in [4.78, 5) is 16.1. The van der Waals surface area contributed by atoms with Crippen LogP contribution in [0, 0.1) is 17.2 Å². The molecule has 0 bridgehead atoms. The molecule has 1 unspecified atom stereocenters. The first-order valence-corrected chi connectivity index (χ1v) is 6.97. The fourth-order valence-corrected chi connectivity index (χ4v) is 1.75. The molecule has 0 aliphatic rings. The number of nitriles is 1. The summed E-state index contributed by atoms with van der Waals surface area (Å²) >= 11 is 0. The third-order valence-corrected chi connectivity index (χ3v) is 2.58. The standard InChI is InChI=1S/C15H26N2O2/c1-6-8-12(11-17-13(7-2)10-16)9-14(18)19-15(3,4)5/h12H,6-9,11H2,1-5H3/b17-13+. The number of hydrogen-bond donors (Lipinski definition) is 0. The Bertz CT molecular complexity index is 348. The number of esters is 1. The molecule has 0 radical (unpaired) electrons. The van der Waals surface area contributed by atoms with E-state index in [2.05, 4.69) is 18.0 Å². The SMILES string of the molecule is CCCC(C/N=C(/C#N)CC)CC(=O)OC(C)(C)C. The Hall–Kier alpha value is -1.37. The van der Waals surface area contributed by atoms with Crippen molar-refractivity contribution in [3.63, 3.8) is 0 Å². The Labute approximate surface area is 116 Å². The van der Waals surface area contributed by atoms with Crippen molar-refractivity contribution in [1.82, 2.24) is 0 Å². The first-order chi connectivity index (χ1) is 8.82. The van der Waals surface area contributed by atoms with Crippen molar-refractivity contribution < 1.29 is 9.53 Å². The quantitative estimate of drug-likeness (QED) is 0.523. The van der Waals surface area contributed by atoms with E-state index in [1.54, 1.807) is 0 Å². The van der Waals surface area contributed by atoms with Gasteiger partial charge in [-0.05, 0) is 39.5 Å².